The molecule has 0 radical (unpaired) electrons. The number of methoxy groups -OCH3 is 1. The third-order valence-corrected chi connectivity index (χ3v) is 2.76. The van der Waals surface area contributed by atoms with E-state index >= 15 is 0 Å². The van der Waals surface area contributed by atoms with Gasteiger partial charge in [0.25, 0.3) is 0 Å². The van der Waals surface area contributed by atoms with Gasteiger partial charge in [-0.3, -0.25) is 4.90 Å². The summed E-state index contributed by atoms with van der Waals surface area (Å²) in [5.41, 5.74) is 0.806. The molecule has 88 valence electrons. The van der Waals surface area contributed by atoms with Crippen LogP contribution in [0.25, 0.3) is 0 Å². The zero-order valence-corrected chi connectivity index (χ0v) is 9.18. The fourth-order valence-corrected chi connectivity index (χ4v) is 1.93. The second kappa shape index (κ2) is 4.67. The van der Waals surface area contributed by atoms with E-state index in [1.165, 1.54) is 13.4 Å². The van der Waals surface area contributed by atoms with Crippen molar-refractivity contribution in [3.63, 3.8) is 0 Å². The van der Waals surface area contributed by atoms with Gasteiger partial charge < -0.3 is 14.3 Å². The molecule has 0 saturated carbocycles. The summed E-state index contributed by atoms with van der Waals surface area (Å²) in [6, 6.07) is 1.76. The van der Waals surface area contributed by atoms with Crippen LogP contribution in [0.15, 0.2) is 16.7 Å². The Bertz CT molecular complexity index is 374. The maximum absolute atomic E-state index is 11.3. The summed E-state index contributed by atoms with van der Waals surface area (Å²) in [7, 11) is 1.33. The highest BCUT2D eigenvalue weighted by atomic mass is 16.5. The second-order valence-electron chi connectivity index (χ2n) is 3.94. The summed E-state index contributed by atoms with van der Waals surface area (Å²) >= 11 is 0. The Balaban J connectivity index is 2.04. The standard InChI is InChI=1S/C11H15NO4/c1-15-11(14)10-8(3-5-16-10)6-12-4-2-9(13)7-12/h3,5,9,13H,2,4,6-7H2,1H3/t9-/m1/s1. The molecule has 2 heterocycles. The SMILES string of the molecule is COC(=O)c1occc1CN1CC[C@@H](O)C1. The number of ether oxygens (including phenoxy) is 1. The summed E-state index contributed by atoms with van der Waals surface area (Å²) < 4.78 is 9.71. The Kier molecular flexibility index (Phi) is 3.26. The Labute approximate surface area is 93.6 Å². The number of aliphatic hydroxyl groups is 1. The van der Waals surface area contributed by atoms with Crippen molar-refractivity contribution >= 4 is 5.97 Å². The lowest BCUT2D eigenvalue weighted by molar-refractivity contribution is 0.0562. The summed E-state index contributed by atoms with van der Waals surface area (Å²) in [5.74, 6) is -0.205. The number of rotatable bonds is 3. The summed E-state index contributed by atoms with van der Waals surface area (Å²) in [4.78, 5) is 13.4. The van der Waals surface area contributed by atoms with Crippen molar-refractivity contribution in [2.24, 2.45) is 0 Å². The molecule has 2 rings (SSSR count). The highest BCUT2D eigenvalue weighted by Crippen LogP contribution is 2.18. The smallest absolute Gasteiger partial charge is 0.374 e. The molecule has 0 amide bonds. The normalized spacial score (nSPS) is 21.2. The summed E-state index contributed by atoms with van der Waals surface area (Å²) in [5, 5.41) is 9.40. The second-order valence-corrected chi connectivity index (χ2v) is 3.94. The average molecular weight is 225 g/mol. The molecule has 0 bridgehead atoms. The van der Waals surface area contributed by atoms with E-state index in [9.17, 15) is 9.90 Å². The van der Waals surface area contributed by atoms with Crippen LogP contribution in [0.2, 0.25) is 0 Å². The number of nitrogens with zero attached hydrogens (tertiary/aromatic N) is 1. The molecule has 0 aliphatic carbocycles. The van der Waals surface area contributed by atoms with Crippen LogP contribution < -0.4 is 0 Å². The van der Waals surface area contributed by atoms with Gasteiger partial charge in [0.2, 0.25) is 5.76 Å². The summed E-state index contributed by atoms with van der Waals surface area (Å²) in [6.45, 7) is 2.09. The van der Waals surface area contributed by atoms with Gasteiger partial charge in [0.1, 0.15) is 0 Å². The van der Waals surface area contributed by atoms with Gasteiger partial charge >= 0.3 is 5.97 Å². The Morgan fingerprint density at radius 3 is 3.19 bits per heavy atom. The largest absolute Gasteiger partial charge is 0.463 e. The zero-order valence-electron chi connectivity index (χ0n) is 9.18. The molecule has 1 fully saturated rings. The molecule has 1 N–H and O–H groups in total. The van der Waals surface area contributed by atoms with Gasteiger partial charge in [-0.1, -0.05) is 0 Å². The molecule has 1 aromatic heterocycles. The molecule has 1 aliphatic heterocycles. The van der Waals surface area contributed by atoms with Crippen molar-refractivity contribution in [1.29, 1.82) is 0 Å². The Hall–Kier alpha value is -1.33. The van der Waals surface area contributed by atoms with Gasteiger partial charge in [-0.25, -0.2) is 4.79 Å². The van der Waals surface area contributed by atoms with E-state index < -0.39 is 5.97 Å². The molecule has 1 aromatic rings. The highest BCUT2D eigenvalue weighted by Gasteiger charge is 2.23. The van der Waals surface area contributed by atoms with Crippen LogP contribution in [-0.2, 0) is 11.3 Å². The minimum absolute atomic E-state index is 0.254. The van der Waals surface area contributed by atoms with Crippen LogP contribution in [0.1, 0.15) is 22.5 Å². The van der Waals surface area contributed by atoms with Crippen molar-refractivity contribution < 1.29 is 19.1 Å². The Morgan fingerprint density at radius 2 is 2.56 bits per heavy atom. The van der Waals surface area contributed by atoms with Crippen LogP contribution in [0.5, 0.6) is 0 Å². The van der Waals surface area contributed by atoms with Gasteiger partial charge in [0.05, 0.1) is 19.5 Å². The van der Waals surface area contributed by atoms with Crippen molar-refractivity contribution in [3.05, 3.63) is 23.7 Å². The molecule has 0 unspecified atom stereocenters. The molecule has 1 aliphatic rings. The van der Waals surface area contributed by atoms with E-state index in [0.717, 1.165) is 18.5 Å². The quantitative estimate of drug-likeness (QED) is 0.764. The van der Waals surface area contributed by atoms with Gasteiger partial charge in [0, 0.05) is 25.2 Å². The first kappa shape index (κ1) is 11.2. The minimum atomic E-state index is -0.459. The number of esters is 1. The number of carbonyl (C=O) groups is 1. The molecule has 5 nitrogen and oxygen atoms in total. The highest BCUT2D eigenvalue weighted by molar-refractivity contribution is 5.87. The molecular formula is C11H15NO4. The van der Waals surface area contributed by atoms with Crippen LogP contribution >= 0.6 is 0 Å². The van der Waals surface area contributed by atoms with Gasteiger partial charge in [0.15, 0.2) is 0 Å². The molecule has 0 aromatic carbocycles. The lowest BCUT2D eigenvalue weighted by atomic mass is 10.2. The number of likely N-dealkylation sites (tertiary alicyclic amines) is 1. The van der Waals surface area contributed by atoms with Crippen molar-refractivity contribution in [2.75, 3.05) is 20.2 Å². The molecular weight excluding hydrogens is 210 g/mol. The maximum atomic E-state index is 11.3. The number of furan rings is 1. The number of hydrogen-bond acceptors (Lipinski definition) is 5. The minimum Gasteiger partial charge on any atom is -0.463 e. The number of β-amino-alcohol motifs (C(OH)–C–C–N with tert-alkyl or cyclic N) is 1. The maximum Gasteiger partial charge on any atom is 0.374 e. The predicted molar refractivity (Wildman–Crippen MR) is 55.9 cm³/mol. The van der Waals surface area contributed by atoms with E-state index in [1.54, 1.807) is 6.07 Å². The fourth-order valence-electron chi connectivity index (χ4n) is 1.93. The first-order chi connectivity index (χ1) is 7.70. The first-order valence-electron chi connectivity index (χ1n) is 5.26. The van der Waals surface area contributed by atoms with Crippen LogP contribution in [-0.4, -0.2) is 42.3 Å². The number of aliphatic hydroxyl groups excluding tert-OH is 1. The third kappa shape index (κ3) is 2.25. The van der Waals surface area contributed by atoms with Crippen molar-refractivity contribution in [1.82, 2.24) is 4.90 Å². The van der Waals surface area contributed by atoms with Crippen molar-refractivity contribution in [2.45, 2.75) is 19.1 Å². The van der Waals surface area contributed by atoms with Gasteiger partial charge in [-0.2, -0.15) is 0 Å². The number of hydrogen-bond donors (Lipinski definition) is 1. The van der Waals surface area contributed by atoms with Crippen LogP contribution in [0.3, 0.4) is 0 Å². The fraction of sp³-hybridized carbons (Fsp3) is 0.545. The zero-order chi connectivity index (χ0) is 11.5. The molecule has 1 saturated heterocycles. The van der Waals surface area contributed by atoms with Gasteiger partial charge in [-0.15, -0.1) is 0 Å². The predicted octanol–water partition coefficient (Wildman–Crippen LogP) is 0.633. The lowest BCUT2D eigenvalue weighted by Gasteiger charge is -2.13. The third-order valence-electron chi connectivity index (χ3n) is 2.76. The molecule has 1 atom stereocenters. The van der Waals surface area contributed by atoms with E-state index in [4.69, 9.17) is 4.42 Å². The van der Waals surface area contributed by atoms with Crippen LogP contribution in [0, 0.1) is 0 Å². The molecule has 16 heavy (non-hydrogen) atoms. The lowest BCUT2D eigenvalue weighted by Crippen LogP contribution is -2.22. The van der Waals surface area contributed by atoms with Crippen molar-refractivity contribution in [3.8, 4) is 0 Å². The summed E-state index contributed by atoms with van der Waals surface area (Å²) in [6.07, 6.45) is 2.01. The average Bonchev–Trinajstić information content (AvgIpc) is 2.87. The van der Waals surface area contributed by atoms with Crippen LogP contribution in [0.4, 0.5) is 0 Å². The topological polar surface area (TPSA) is 62.9 Å². The number of carbonyl (C=O) groups excluding carboxylic acids is 1. The van der Waals surface area contributed by atoms with E-state index in [2.05, 4.69) is 9.64 Å². The Morgan fingerprint density at radius 1 is 1.75 bits per heavy atom. The van der Waals surface area contributed by atoms with E-state index in [1.807, 2.05) is 0 Å². The molecule has 0 spiro atoms. The molecule has 5 heteroatoms. The van der Waals surface area contributed by atoms with E-state index in [-0.39, 0.29) is 11.9 Å². The first-order valence-corrected chi connectivity index (χ1v) is 5.26. The van der Waals surface area contributed by atoms with Gasteiger partial charge in [-0.05, 0) is 12.5 Å². The monoisotopic (exact) mass is 225 g/mol. The van der Waals surface area contributed by atoms with E-state index in [0.29, 0.717) is 13.1 Å².